The molecule has 25 heavy (non-hydrogen) atoms. The second-order valence-electron chi connectivity index (χ2n) is 6.11. The fraction of sp³-hybridized carbons (Fsp3) is 0.500. The maximum absolute atomic E-state index is 12.4. The van der Waals surface area contributed by atoms with Crippen LogP contribution < -0.4 is 0 Å². The number of ether oxygens (including phenoxy) is 1. The van der Waals surface area contributed by atoms with Crippen LogP contribution in [0.1, 0.15) is 25.3 Å². The van der Waals surface area contributed by atoms with Crippen LogP contribution in [0.2, 0.25) is 0 Å². The molecule has 2 amide bonds. The van der Waals surface area contributed by atoms with E-state index in [2.05, 4.69) is 0 Å². The predicted molar refractivity (Wildman–Crippen MR) is 90.7 cm³/mol. The van der Waals surface area contributed by atoms with Crippen LogP contribution in [0.3, 0.4) is 0 Å². The van der Waals surface area contributed by atoms with Gasteiger partial charge in [0, 0.05) is 39.5 Å². The van der Waals surface area contributed by atoms with E-state index < -0.39 is 12.1 Å². The molecule has 1 aliphatic heterocycles. The number of carbonyl (C=O) groups is 3. The molecule has 0 radical (unpaired) electrons. The third kappa shape index (κ3) is 6.19. The number of carbonyl (C=O) groups excluding carboxylic acids is 2. The highest BCUT2D eigenvalue weighted by atomic mass is 16.5. The van der Waals surface area contributed by atoms with E-state index >= 15 is 0 Å². The summed E-state index contributed by atoms with van der Waals surface area (Å²) < 4.78 is 5.37. The van der Waals surface area contributed by atoms with E-state index in [0.29, 0.717) is 26.2 Å². The van der Waals surface area contributed by atoms with Gasteiger partial charge >= 0.3 is 5.97 Å². The van der Waals surface area contributed by atoms with Gasteiger partial charge in [0.05, 0.1) is 19.1 Å². The molecule has 7 nitrogen and oxygen atoms in total. The van der Waals surface area contributed by atoms with Crippen molar-refractivity contribution < 1.29 is 24.2 Å². The fourth-order valence-corrected chi connectivity index (χ4v) is 2.80. The largest absolute Gasteiger partial charge is 0.481 e. The van der Waals surface area contributed by atoms with Gasteiger partial charge in [0.25, 0.3) is 0 Å². The van der Waals surface area contributed by atoms with Crippen LogP contribution in [0.15, 0.2) is 30.3 Å². The molecular weight excluding hydrogens is 324 g/mol. The Morgan fingerprint density at radius 1 is 1.28 bits per heavy atom. The number of hydrogen-bond acceptors (Lipinski definition) is 4. The van der Waals surface area contributed by atoms with Crippen LogP contribution in [0.5, 0.6) is 0 Å². The Hall–Kier alpha value is -2.41. The summed E-state index contributed by atoms with van der Waals surface area (Å²) in [5.74, 6) is -1.11. The lowest BCUT2D eigenvalue weighted by atomic mass is 10.2. The van der Waals surface area contributed by atoms with Crippen molar-refractivity contribution in [2.45, 2.75) is 32.4 Å². The minimum atomic E-state index is -0.940. The van der Waals surface area contributed by atoms with Crippen molar-refractivity contribution in [3.05, 3.63) is 35.9 Å². The van der Waals surface area contributed by atoms with Gasteiger partial charge in [-0.05, 0) is 5.56 Å². The summed E-state index contributed by atoms with van der Waals surface area (Å²) in [6.07, 6.45) is -0.368. The van der Waals surface area contributed by atoms with Crippen molar-refractivity contribution in [3.8, 4) is 0 Å². The number of morpholine rings is 1. The molecule has 2 rings (SSSR count). The number of aliphatic carboxylic acids is 1. The molecule has 1 aromatic rings. The monoisotopic (exact) mass is 348 g/mol. The normalized spacial score (nSPS) is 17.2. The zero-order valence-corrected chi connectivity index (χ0v) is 14.4. The maximum Gasteiger partial charge on any atom is 0.306 e. The number of amides is 2. The van der Waals surface area contributed by atoms with Crippen LogP contribution >= 0.6 is 0 Å². The van der Waals surface area contributed by atoms with Crippen molar-refractivity contribution in [3.63, 3.8) is 0 Å². The molecule has 1 saturated heterocycles. The quantitative estimate of drug-likeness (QED) is 0.798. The molecule has 1 unspecified atom stereocenters. The van der Waals surface area contributed by atoms with Crippen LogP contribution in [0, 0.1) is 0 Å². The molecule has 0 saturated carbocycles. The molecule has 0 bridgehead atoms. The van der Waals surface area contributed by atoms with E-state index in [1.54, 1.807) is 9.80 Å². The van der Waals surface area contributed by atoms with Gasteiger partial charge in [-0.3, -0.25) is 14.4 Å². The number of benzene rings is 1. The predicted octanol–water partition coefficient (Wildman–Crippen LogP) is 1.13. The van der Waals surface area contributed by atoms with Gasteiger partial charge in [-0.15, -0.1) is 0 Å². The lowest BCUT2D eigenvalue weighted by molar-refractivity contribution is -0.148. The second kappa shape index (κ2) is 9.17. The summed E-state index contributed by atoms with van der Waals surface area (Å²) in [7, 11) is 0. The highest BCUT2D eigenvalue weighted by Crippen LogP contribution is 2.11. The average molecular weight is 348 g/mol. The van der Waals surface area contributed by atoms with Crippen molar-refractivity contribution in [2.24, 2.45) is 0 Å². The highest BCUT2D eigenvalue weighted by molar-refractivity contribution is 5.78. The van der Waals surface area contributed by atoms with Crippen molar-refractivity contribution in [1.29, 1.82) is 0 Å². The Balaban J connectivity index is 1.86. The molecule has 1 heterocycles. The van der Waals surface area contributed by atoms with E-state index in [1.807, 2.05) is 30.3 Å². The van der Waals surface area contributed by atoms with E-state index in [1.165, 1.54) is 6.92 Å². The van der Waals surface area contributed by atoms with Crippen LogP contribution in [0.4, 0.5) is 0 Å². The van der Waals surface area contributed by atoms with Crippen molar-refractivity contribution in [1.82, 2.24) is 9.80 Å². The minimum Gasteiger partial charge on any atom is -0.481 e. The lowest BCUT2D eigenvalue weighted by Crippen LogP contribution is -2.47. The first-order chi connectivity index (χ1) is 12.0. The molecule has 1 fully saturated rings. The minimum absolute atomic E-state index is 0.0811. The Labute approximate surface area is 147 Å². The van der Waals surface area contributed by atoms with Crippen LogP contribution in [0.25, 0.3) is 0 Å². The number of nitrogens with zero attached hydrogens (tertiary/aromatic N) is 2. The molecule has 1 N–H and O–H groups in total. The smallest absolute Gasteiger partial charge is 0.306 e. The molecule has 1 atom stereocenters. The zero-order chi connectivity index (χ0) is 18.2. The Morgan fingerprint density at radius 2 is 2.00 bits per heavy atom. The molecule has 136 valence electrons. The number of carboxylic acids is 1. The first-order valence-electron chi connectivity index (χ1n) is 8.36. The van der Waals surface area contributed by atoms with Gasteiger partial charge in [0.15, 0.2) is 0 Å². The number of hydrogen-bond donors (Lipinski definition) is 1. The van der Waals surface area contributed by atoms with Gasteiger partial charge in [-0.25, -0.2) is 0 Å². The second-order valence-corrected chi connectivity index (χ2v) is 6.11. The van der Waals surface area contributed by atoms with E-state index in [0.717, 1.165) is 5.56 Å². The van der Waals surface area contributed by atoms with Gasteiger partial charge in [-0.2, -0.15) is 0 Å². The summed E-state index contributed by atoms with van der Waals surface area (Å²) in [5, 5.41) is 8.84. The van der Waals surface area contributed by atoms with Gasteiger partial charge in [0.2, 0.25) is 11.8 Å². The maximum atomic E-state index is 12.4. The average Bonchev–Trinajstić information content (AvgIpc) is 2.58. The number of rotatable bonds is 7. The summed E-state index contributed by atoms with van der Waals surface area (Å²) in [6, 6.07) is 9.62. The summed E-state index contributed by atoms with van der Waals surface area (Å²) in [6.45, 7) is 3.37. The SMILES string of the molecule is CC(=O)N(CCC(=O)N1CCOC(CC(=O)O)C1)Cc1ccccc1. The van der Waals surface area contributed by atoms with Crippen LogP contribution in [-0.4, -0.2) is 65.0 Å². The molecule has 0 spiro atoms. The summed E-state index contributed by atoms with van der Waals surface area (Å²) in [5.41, 5.74) is 1.01. The van der Waals surface area contributed by atoms with E-state index in [9.17, 15) is 14.4 Å². The van der Waals surface area contributed by atoms with E-state index in [-0.39, 0.29) is 31.2 Å². The Kier molecular flexibility index (Phi) is 6.94. The molecule has 0 aliphatic carbocycles. The third-order valence-corrected chi connectivity index (χ3v) is 4.15. The Morgan fingerprint density at radius 3 is 2.64 bits per heavy atom. The standard InChI is InChI=1S/C18H24N2O5/c1-14(21)19(12-15-5-3-2-4-6-15)8-7-17(22)20-9-10-25-16(13-20)11-18(23)24/h2-6,16H,7-13H2,1H3,(H,23,24). The Bertz CT molecular complexity index is 605. The van der Waals surface area contributed by atoms with Crippen molar-refractivity contribution in [2.75, 3.05) is 26.2 Å². The fourth-order valence-electron chi connectivity index (χ4n) is 2.80. The lowest BCUT2D eigenvalue weighted by Gasteiger charge is -2.33. The molecular formula is C18H24N2O5. The van der Waals surface area contributed by atoms with Gasteiger partial charge < -0.3 is 19.6 Å². The molecule has 7 heteroatoms. The first kappa shape index (κ1) is 18.9. The van der Waals surface area contributed by atoms with Crippen molar-refractivity contribution >= 4 is 17.8 Å². The number of carboxylic acid groups (broad SMARTS) is 1. The summed E-state index contributed by atoms with van der Waals surface area (Å²) in [4.78, 5) is 38.3. The zero-order valence-electron chi connectivity index (χ0n) is 14.4. The topological polar surface area (TPSA) is 87.2 Å². The van der Waals surface area contributed by atoms with Crippen LogP contribution in [-0.2, 0) is 25.7 Å². The third-order valence-electron chi connectivity index (χ3n) is 4.15. The van der Waals surface area contributed by atoms with Gasteiger partial charge in [0.1, 0.15) is 0 Å². The first-order valence-corrected chi connectivity index (χ1v) is 8.36. The highest BCUT2D eigenvalue weighted by Gasteiger charge is 2.26. The molecule has 1 aliphatic rings. The molecule has 1 aromatic carbocycles. The van der Waals surface area contributed by atoms with Gasteiger partial charge in [-0.1, -0.05) is 30.3 Å². The summed E-state index contributed by atoms with van der Waals surface area (Å²) >= 11 is 0. The molecule has 0 aromatic heterocycles. The van der Waals surface area contributed by atoms with E-state index in [4.69, 9.17) is 9.84 Å².